The molecule has 3 atom stereocenters. The van der Waals surface area contributed by atoms with E-state index < -0.39 is 0 Å². The molecule has 0 heterocycles. The molecule has 1 fully saturated rings. The van der Waals surface area contributed by atoms with Gasteiger partial charge in [-0.3, -0.25) is 0 Å². The maximum atomic E-state index is 9.44. The summed E-state index contributed by atoms with van der Waals surface area (Å²) in [5, 5.41) is 9.44. The summed E-state index contributed by atoms with van der Waals surface area (Å²) in [6.45, 7) is 8.98. The van der Waals surface area contributed by atoms with Crippen LogP contribution in [0.15, 0.2) is 0 Å². The Labute approximate surface area is 69.8 Å². The molecule has 1 aliphatic carbocycles. The first-order chi connectivity index (χ1) is 4.96. The lowest BCUT2D eigenvalue weighted by atomic mass is 9.59. The summed E-state index contributed by atoms with van der Waals surface area (Å²) >= 11 is 0. The summed E-state index contributed by atoms with van der Waals surface area (Å²) < 4.78 is 0. The van der Waals surface area contributed by atoms with Crippen molar-refractivity contribution in [1.82, 2.24) is 0 Å². The highest BCUT2D eigenvalue weighted by Gasteiger charge is 2.44. The molecule has 1 rings (SSSR count). The Morgan fingerprint density at radius 2 is 1.91 bits per heavy atom. The zero-order valence-electron chi connectivity index (χ0n) is 8.09. The zero-order chi connectivity index (χ0) is 8.65. The van der Waals surface area contributed by atoms with Crippen LogP contribution >= 0.6 is 0 Å². The monoisotopic (exact) mass is 156 g/mol. The average molecular weight is 156 g/mol. The Balaban J connectivity index is 2.51. The molecule has 0 aromatic heterocycles. The van der Waals surface area contributed by atoms with E-state index in [1.54, 1.807) is 0 Å². The minimum absolute atomic E-state index is 0.00998. The van der Waals surface area contributed by atoms with E-state index in [0.717, 1.165) is 18.8 Å². The van der Waals surface area contributed by atoms with Crippen LogP contribution in [0.1, 0.15) is 40.5 Å². The molecule has 3 unspecified atom stereocenters. The summed E-state index contributed by atoms with van der Waals surface area (Å²) in [7, 11) is 0. The molecule has 1 saturated carbocycles. The first kappa shape index (κ1) is 9.05. The van der Waals surface area contributed by atoms with E-state index in [0.29, 0.717) is 11.3 Å². The quantitative estimate of drug-likeness (QED) is 0.618. The van der Waals surface area contributed by atoms with E-state index in [4.69, 9.17) is 0 Å². The van der Waals surface area contributed by atoms with Crippen LogP contribution < -0.4 is 0 Å². The number of aliphatic hydroxyl groups is 1. The first-order valence-corrected chi connectivity index (χ1v) is 4.65. The molecular weight excluding hydrogens is 136 g/mol. The molecule has 0 radical (unpaired) electrons. The molecule has 1 heteroatoms. The van der Waals surface area contributed by atoms with Gasteiger partial charge in [0, 0.05) is 0 Å². The van der Waals surface area contributed by atoms with Gasteiger partial charge in [-0.25, -0.2) is 0 Å². The molecule has 11 heavy (non-hydrogen) atoms. The van der Waals surface area contributed by atoms with Crippen molar-refractivity contribution in [2.45, 2.75) is 46.6 Å². The third kappa shape index (κ3) is 1.58. The van der Waals surface area contributed by atoms with Gasteiger partial charge in [0.2, 0.25) is 0 Å². The van der Waals surface area contributed by atoms with Crippen LogP contribution in [0.5, 0.6) is 0 Å². The lowest BCUT2D eigenvalue weighted by Crippen LogP contribution is -2.47. The molecule has 1 N–H and O–H groups in total. The lowest BCUT2D eigenvalue weighted by Gasteiger charge is -2.48. The minimum Gasteiger partial charge on any atom is -0.393 e. The molecule has 0 aromatic carbocycles. The molecule has 1 aliphatic rings. The number of hydrogen-bond acceptors (Lipinski definition) is 1. The molecule has 0 spiro atoms. The van der Waals surface area contributed by atoms with Gasteiger partial charge < -0.3 is 5.11 Å². The van der Waals surface area contributed by atoms with Crippen molar-refractivity contribution in [3.63, 3.8) is 0 Å². The summed E-state index contributed by atoms with van der Waals surface area (Å²) in [5.74, 6) is 1.30. The number of aliphatic hydroxyl groups excluding tert-OH is 1. The Bertz CT molecular complexity index is 134. The second-order valence-corrected chi connectivity index (χ2v) is 4.85. The van der Waals surface area contributed by atoms with Crippen molar-refractivity contribution in [3.8, 4) is 0 Å². The lowest BCUT2D eigenvalue weighted by molar-refractivity contribution is -0.0815. The van der Waals surface area contributed by atoms with Crippen molar-refractivity contribution >= 4 is 0 Å². The maximum Gasteiger partial charge on any atom is 0.0574 e. The molecule has 0 amide bonds. The van der Waals surface area contributed by atoms with Gasteiger partial charge in [0.1, 0.15) is 0 Å². The van der Waals surface area contributed by atoms with Gasteiger partial charge in [-0.05, 0) is 23.7 Å². The molecular formula is C10H20O. The van der Waals surface area contributed by atoms with Crippen LogP contribution in [0.4, 0.5) is 0 Å². The minimum atomic E-state index is -0.00998. The largest absolute Gasteiger partial charge is 0.393 e. The van der Waals surface area contributed by atoms with E-state index in [-0.39, 0.29) is 6.10 Å². The van der Waals surface area contributed by atoms with E-state index >= 15 is 0 Å². The van der Waals surface area contributed by atoms with Crippen LogP contribution in [0.3, 0.4) is 0 Å². The van der Waals surface area contributed by atoms with E-state index in [1.165, 1.54) is 0 Å². The smallest absolute Gasteiger partial charge is 0.0574 e. The highest BCUT2D eigenvalue weighted by Crippen LogP contribution is 2.47. The number of hydrogen-bond donors (Lipinski definition) is 1. The van der Waals surface area contributed by atoms with Crippen molar-refractivity contribution in [1.29, 1.82) is 0 Å². The van der Waals surface area contributed by atoms with Gasteiger partial charge in [-0.1, -0.05) is 34.1 Å². The fourth-order valence-electron chi connectivity index (χ4n) is 2.23. The predicted molar refractivity (Wildman–Crippen MR) is 47.3 cm³/mol. The maximum absolute atomic E-state index is 9.44. The fourth-order valence-corrected chi connectivity index (χ4v) is 2.23. The molecule has 0 aromatic rings. The Kier molecular flexibility index (Phi) is 2.29. The van der Waals surface area contributed by atoms with Gasteiger partial charge in [0.25, 0.3) is 0 Å². The van der Waals surface area contributed by atoms with E-state index in [1.807, 2.05) is 0 Å². The molecule has 0 saturated heterocycles. The van der Waals surface area contributed by atoms with Crippen LogP contribution in [0.25, 0.3) is 0 Å². The van der Waals surface area contributed by atoms with Crippen molar-refractivity contribution in [2.24, 2.45) is 17.3 Å². The Morgan fingerprint density at radius 3 is 2.09 bits per heavy atom. The van der Waals surface area contributed by atoms with Gasteiger partial charge in [-0.15, -0.1) is 0 Å². The first-order valence-electron chi connectivity index (χ1n) is 4.65. The highest BCUT2D eigenvalue weighted by molar-refractivity contribution is 4.94. The third-order valence-electron chi connectivity index (χ3n) is 3.09. The Hall–Kier alpha value is -0.0400. The molecule has 1 nitrogen and oxygen atoms in total. The topological polar surface area (TPSA) is 20.2 Å². The van der Waals surface area contributed by atoms with Gasteiger partial charge in [0.15, 0.2) is 0 Å². The van der Waals surface area contributed by atoms with Crippen molar-refractivity contribution in [3.05, 3.63) is 0 Å². The highest BCUT2D eigenvalue weighted by atomic mass is 16.3. The summed E-state index contributed by atoms with van der Waals surface area (Å²) in [6, 6.07) is 0. The summed E-state index contributed by atoms with van der Waals surface area (Å²) in [4.78, 5) is 0. The van der Waals surface area contributed by atoms with E-state index in [9.17, 15) is 5.11 Å². The molecule has 66 valence electrons. The normalized spacial score (nSPS) is 38.5. The zero-order valence-corrected chi connectivity index (χ0v) is 8.09. The van der Waals surface area contributed by atoms with Gasteiger partial charge in [0.05, 0.1) is 6.10 Å². The standard InChI is InChI=1S/C10H20O/c1-5-7-8(6-9(7)11)10(2,3)4/h7-9,11H,5-6H2,1-4H3. The second kappa shape index (κ2) is 2.78. The van der Waals surface area contributed by atoms with Crippen molar-refractivity contribution < 1.29 is 5.11 Å². The van der Waals surface area contributed by atoms with Crippen LogP contribution in [-0.4, -0.2) is 11.2 Å². The molecule has 0 aliphatic heterocycles. The van der Waals surface area contributed by atoms with Crippen LogP contribution in [-0.2, 0) is 0 Å². The third-order valence-corrected chi connectivity index (χ3v) is 3.09. The Morgan fingerprint density at radius 1 is 1.36 bits per heavy atom. The van der Waals surface area contributed by atoms with E-state index in [2.05, 4.69) is 27.7 Å². The van der Waals surface area contributed by atoms with Crippen LogP contribution in [0.2, 0.25) is 0 Å². The summed E-state index contributed by atoms with van der Waals surface area (Å²) in [5.41, 5.74) is 0.389. The second-order valence-electron chi connectivity index (χ2n) is 4.85. The SMILES string of the molecule is CCC1C(O)CC1C(C)(C)C. The summed E-state index contributed by atoms with van der Waals surface area (Å²) in [6.07, 6.45) is 2.13. The molecule has 0 bridgehead atoms. The van der Waals surface area contributed by atoms with Gasteiger partial charge in [-0.2, -0.15) is 0 Å². The van der Waals surface area contributed by atoms with Crippen LogP contribution in [0, 0.1) is 17.3 Å². The fraction of sp³-hybridized carbons (Fsp3) is 1.00. The van der Waals surface area contributed by atoms with Gasteiger partial charge >= 0.3 is 0 Å². The van der Waals surface area contributed by atoms with Crippen molar-refractivity contribution in [2.75, 3.05) is 0 Å². The predicted octanol–water partition coefficient (Wildman–Crippen LogP) is 2.44. The number of rotatable bonds is 1. The average Bonchev–Trinajstić information content (AvgIpc) is 1.81.